The number of allylic oxidation sites excluding steroid dienone is 9. The number of Topliss-reactive ketones (excluding diaryl/α,β-unsaturated/α-hetero) is 8. The fraction of sp³-hybridized carbons (Fsp3) is 0.140. The molecule has 1 N–H and O–H groups in total. The Morgan fingerprint density at radius 3 is 1.61 bits per heavy atom. The molecular formula is C57H50N7O11+. The summed E-state index contributed by atoms with van der Waals surface area (Å²) in [5, 5.41) is 2.33. The van der Waals surface area contributed by atoms with Crippen LogP contribution in [0.2, 0.25) is 0 Å². The average Bonchev–Trinajstić information content (AvgIpc) is 4.20. The number of ketones is 8. The molecule has 18 heteroatoms. The number of nitrogens with one attached hydrogen (secondary N) is 1. The number of amidine groups is 2. The predicted molar refractivity (Wildman–Crippen MR) is 279 cm³/mol. The molecular weight excluding hydrogens is 959 g/mol. The van der Waals surface area contributed by atoms with Gasteiger partial charge in [-0.3, -0.25) is 62.5 Å². The van der Waals surface area contributed by atoms with Crippen LogP contribution in [-0.2, 0) is 65.6 Å². The van der Waals surface area contributed by atoms with Crippen molar-refractivity contribution >= 4 is 86.9 Å². The second kappa shape index (κ2) is 26.3. The van der Waals surface area contributed by atoms with Gasteiger partial charge in [0.1, 0.15) is 35.3 Å². The molecule has 0 unspecified atom stereocenters. The normalized spacial score (nSPS) is 17.8. The van der Waals surface area contributed by atoms with E-state index in [-0.39, 0.29) is 88.5 Å². The SMILES string of the molecule is C=C1C(=O)CC(=O)CC1=O.C=C1C(=O)CCC1=O.C=C1C(=O)CNC1=O.C=C1C(=O)Cc2cccc[n+]21.C=C1C(=O)Cc2ccccc21.C=C1C(=O)N=C2C=CC=CN12.C=C1N=C2C=CC=CN2C1=O.[C-]#[N+]C(=C)C. The first-order valence-corrected chi connectivity index (χ1v) is 22.5. The summed E-state index contributed by atoms with van der Waals surface area (Å²) in [6.45, 7) is 35.7. The number of carbonyl (C=O) groups is 11. The van der Waals surface area contributed by atoms with E-state index >= 15 is 0 Å². The Balaban J connectivity index is 0.000000187. The summed E-state index contributed by atoms with van der Waals surface area (Å²) in [4.78, 5) is 132. The second-order valence-corrected chi connectivity index (χ2v) is 16.4. The fourth-order valence-electron chi connectivity index (χ4n) is 6.71. The lowest BCUT2D eigenvalue weighted by atomic mass is 9.93. The first-order valence-electron chi connectivity index (χ1n) is 22.5. The lowest BCUT2D eigenvalue weighted by Crippen LogP contribution is -2.31. The maximum Gasteiger partial charge on any atom is 0.295 e. The summed E-state index contributed by atoms with van der Waals surface area (Å²) >= 11 is 0. The van der Waals surface area contributed by atoms with E-state index in [1.807, 2.05) is 71.5 Å². The van der Waals surface area contributed by atoms with Crippen LogP contribution >= 0.6 is 0 Å². The van der Waals surface area contributed by atoms with Crippen molar-refractivity contribution in [3.05, 3.63) is 212 Å². The summed E-state index contributed by atoms with van der Waals surface area (Å²) in [6, 6.07) is 13.6. The molecule has 11 rings (SSSR count). The van der Waals surface area contributed by atoms with Crippen molar-refractivity contribution in [1.82, 2.24) is 15.1 Å². The quantitative estimate of drug-likeness (QED) is 0.117. The molecule has 75 heavy (non-hydrogen) atoms. The molecule has 18 nitrogen and oxygen atoms in total. The minimum absolute atomic E-state index is 0.0281. The van der Waals surface area contributed by atoms with Crippen LogP contribution in [0.25, 0.3) is 16.1 Å². The summed E-state index contributed by atoms with van der Waals surface area (Å²) in [6.07, 6.45) is 17.6. The Hall–Kier alpha value is -10.2. The third-order valence-corrected chi connectivity index (χ3v) is 10.9. The van der Waals surface area contributed by atoms with E-state index in [2.05, 4.69) is 72.8 Å². The highest BCUT2D eigenvalue weighted by atomic mass is 16.2. The molecule has 7 heterocycles. The van der Waals surface area contributed by atoms with E-state index in [4.69, 9.17) is 6.57 Å². The number of hydrogen-bond acceptors (Lipinski definition) is 13. The van der Waals surface area contributed by atoms with E-state index < -0.39 is 11.6 Å². The van der Waals surface area contributed by atoms with Gasteiger partial charge in [-0.15, -0.1) is 0 Å². The predicted octanol–water partition coefficient (Wildman–Crippen LogP) is 5.24. The van der Waals surface area contributed by atoms with Crippen LogP contribution in [0.3, 0.4) is 0 Å². The summed E-state index contributed by atoms with van der Waals surface area (Å²) in [5.74, 6) is -0.677. The number of hydrogen-bond donors (Lipinski definition) is 1. The monoisotopic (exact) mass is 1010 g/mol. The lowest BCUT2D eigenvalue weighted by molar-refractivity contribution is -0.578. The number of pyridine rings is 1. The van der Waals surface area contributed by atoms with Crippen molar-refractivity contribution in [2.45, 2.75) is 45.4 Å². The molecule has 2 saturated carbocycles. The molecule has 378 valence electrons. The highest BCUT2D eigenvalue weighted by Crippen LogP contribution is 2.27. The van der Waals surface area contributed by atoms with Gasteiger partial charge in [0.05, 0.1) is 42.7 Å². The van der Waals surface area contributed by atoms with Crippen LogP contribution in [0.1, 0.15) is 49.4 Å². The minimum Gasteiger partial charge on any atom is -0.344 e. The van der Waals surface area contributed by atoms with Gasteiger partial charge in [0.25, 0.3) is 17.7 Å². The van der Waals surface area contributed by atoms with Crippen molar-refractivity contribution in [2.75, 3.05) is 6.54 Å². The van der Waals surface area contributed by atoms with Crippen LogP contribution in [0, 0.1) is 6.57 Å². The van der Waals surface area contributed by atoms with E-state index in [0.717, 1.165) is 16.8 Å². The van der Waals surface area contributed by atoms with Gasteiger partial charge in [-0.05, 0) is 48.9 Å². The first kappa shape index (κ1) is 57.4. The van der Waals surface area contributed by atoms with Gasteiger partial charge in [0.15, 0.2) is 52.3 Å². The Morgan fingerprint density at radius 2 is 1.15 bits per heavy atom. The van der Waals surface area contributed by atoms with Gasteiger partial charge < -0.3 is 5.32 Å². The minimum atomic E-state index is -0.429. The molecule has 0 spiro atoms. The summed E-state index contributed by atoms with van der Waals surface area (Å²) in [5.41, 5.74) is 5.92. The number of aliphatic imine (C=N–C) groups is 2. The molecule has 3 fully saturated rings. The number of benzene rings is 1. The standard InChI is InChI=1S/C10H8O.C9H8NO.2C8H6N2O.C7H6O3.C6H6O2.C5H5NO2.C4H5N/c1-7-9-5-3-2-4-8(9)6-10(7)11;1-7-9(11)6-8-4-2-3-5-10(7)8;1-6-8(11)9-7-4-2-3-5-10(6)7;1-6-8(11)10-5-3-2-4-7(10)9-6;1-4-6(9)2-5(8)3-7(4)10;1-4-5(7)2-3-6(4)8;1-3-4(7)2-6-5(3)8;1-4(2)5-3/h2*2-5H,1,6H2;2*2-5H,1H2;1-3H2;1-3H2;1-2H2,(H,6,8);1H2,2H3/q;+1;;;;;;. The van der Waals surface area contributed by atoms with E-state index in [1.165, 1.54) is 4.90 Å². The maximum atomic E-state index is 11.2. The summed E-state index contributed by atoms with van der Waals surface area (Å²) in [7, 11) is 0. The number of fused-ring (bicyclic) bond motifs is 4. The molecule has 1 saturated heterocycles. The Kier molecular flexibility index (Phi) is 20.2. The zero-order valence-corrected chi connectivity index (χ0v) is 41.0. The third kappa shape index (κ3) is 15.4. The number of rotatable bonds is 0. The van der Waals surface area contributed by atoms with Gasteiger partial charge in [0.2, 0.25) is 11.5 Å². The van der Waals surface area contributed by atoms with Crippen molar-refractivity contribution in [3.8, 4) is 0 Å². The average molecular weight is 1010 g/mol. The van der Waals surface area contributed by atoms with Crippen molar-refractivity contribution in [1.29, 1.82) is 0 Å². The van der Waals surface area contributed by atoms with Crippen LogP contribution in [0.4, 0.5) is 0 Å². The maximum absolute atomic E-state index is 11.2. The second-order valence-electron chi connectivity index (χ2n) is 16.4. The molecule has 2 aromatic rings. The Morgan fingerprint density at radius 1 is 0.613 bits per heavy atom. The number of carbonyl (C=O) groups excluding carboxylic acids is 11. The number of aromatic nitrogens is 1. The zero-order valence-electron chi connectivity index (χ0n) is 41.0. The highest BCUT2D eigenvalue weighted by Gasteiger charge is 2.31. The van der Waals surface area contributed by atoms with Crippen molar-refractivity contribution < 1.29 is 57.3 Å². The molecule has 9 aliphatic rings. The highest BCUT2D eigenvalue weighted by molar-refractivity contribution is 6.32. The Bertz CT molecular complexity index is 3000. The molecule has 1 aromatic carbocycles. The van der Waals surface area contributed by atoms with Crippen LogP contribution in [0.15, 0.2) is 194 Å². The van der Waals surface area contributed by atoms with Gasteiger partial charge in [-0.1, -0.05) is 88.5 Å². The molecule has 3 amide bonds. The lowest BCUT2D eigenvalue weighted by Gasteiger charge is -2.14. The number of nitrogens with zero attached hydrogens (tertiary/aromatic N) is 6. The van der Waals surface area contributed by atoms with E-state index in [0.29, 0.717) is 65.7 Å². The molecule has 6 aliphatic heterocycles. The van der Waals surface area contributed by atoms with Gasteiger partial charge in [-0.2, -0.15) is 9.56 Å². The van der Waals surface area contributed by atoms with Crippen LogP contribution in [-0.4, -0.2) is 92.0 Å². The van der Waals surface area contributed by atoms with E-state index in [1.54, 1.807) is 42.5 Å². The Labute approximate surface area is 432 Å². The molecule has 3 aliphatic carbocycles. The third-order valence-electron chi connectivity index (χ3n) is 10.9. The largest absolute Gasteiger partial charge is 0.344 e. The van der Waals surface area contributed by atoms with Crippen molar-refractivity contribution in [3.63, 3.8) is 0 Å². The van der Waals surface area contributed by atoms with Crippen LogP contribution in [0.5, 0.6) is 0 Å². The molecule has 0 bridgehead atoms. The van der Waals surface area contributed by atoms with Crippen molar-refractivity contribution in [2.24, 2.45) is 9.98 Å². The topological polar surface area (TPSA) is 239 Å². The van der Waals surface area contributed by atoms with Crippen LogP contribution < -0.4 is 9.88 Å². The first-order chi connectivity index (χ1) is 35.5. The molecule has 1 aromatic heterocycles. The van der Waals surface area contributed by atoms with E-state index in [9.17, 15) is 52.7 Å². The zero-order chi connectivity index (χ0) is 55.7. The molecule has 0 radical (unpaired) electrons. The number of amides is 3. The fourth-order valence-corrected chi connectivity index (χ4v) is 6.71. The molecule has 0 atom stereocenters. The smallest absolute Gasteiger partial charge is 0.295 e. The van der Waals surface area contributed by atoms with Gasteiger partial charge >= 0.3 is 0 Å². The van der Waals surface area contributed by atoms with Gasteiger partial charge in [-0.25, -0.2) is 9.84 Å². The van der Waals surface area contributed by atoms with Gasteiger partial charge in [0, 0.05) is 49.4 Å². The summed E-state index contributed by atoms with van der Waals surface area (Å²) < 4.78 is 1.84.